The van der Waals surface area contributed by atoms with Gasteiger partial charge in [-0.05, 0) is 34.5 Å². The van der Waals surface area contributed by atoms with Gasteiger partial charge in [0.25, 0.3) is 0 Å². The molecule has 1 atom stereocenters. The molecule has 1 aromatic rings. The second kappa shape index (κ2) is 7.77. The molecule has 0 saturated carbocycles. The topological polar surface area (TPSA) is 40.1 Å². The van der Waals surface area contributed by atoms with Gasteiger partial charge in [-0.2, -0.15) is 0 Å². The Kier molecular flexibility index (Phi) is 5.73. The van der Waals surface area contributed by atoms with E-state index in [4.69, 9.17) is 4.74 Å². The minimum atomic E-state index is 0.637. The zero-order chi connectivity index (χ0) is 15.4. The van der Waals surface area contributed by atoms with Gasteiger partial charge in [0.15, 0.2) is 5.96 Å². The highest BCUT2D eigenvalue weighted by Crippen LogP contribution is 2.22. The number of ether oxygens (including phenoxy) is 1. The monoisotopic (exact) mass is 386 g/mol. The molecule has 22 heavy (non-hydrogen) atoms. The molecule has 0 aliphatic carbocycles. The number of hydrogen-bond acceptors (Lipinski definition) is 4. The van der Waals surface area contributed by atoms with Gasteiger partial charge in [-0.25, -0.2) is 0 Å². The summed E-state index contributed by atoms with van der Waals surface area (Å²) in [5, 5.41) is 3.49. The zero-order valence-electron chi connectivity index (χ0n) is 12.9. The third-order valence-electron chi connectivity index (χ3n) is 4.29. The van der Waals surface area contributed by atoms with Crippen molar-refractivity contribution in [3.05, 3.63) is 20.8 Å². The summed E-state index contributed by atoms with van der Waals surface area (Å²) in [6.45, 7) is 6.85. The smallest absolute Gasteiger partial charge is 0.193 e. The second-order valence-electron chi connectivity index (χ2n) is 5.64. The molecule has 122 valence electrons. The average molecular weight is 387 g/mol. The molecule has 0 spiro atoms. The molecule has 1 N–H and O–H groups in total. The highest BCUT2D eigenvalue weighted by atomic mass is 79.9. The van der Waals surface area contributed by atoms with Gasteiger partial charge >= 0.3 is 0 Å². The average Bonchev–Trinajstić information content (AvgIpc) is 3.18. The van der Waals surface area contributed by atoms with Crippen molar-refractivity contribution in [2.24, 2.45) is 4.99 Å². The van der Waals surface area contributed by atoms with Crippen LogP contribution in [-0.2, 0) is 11.3 Å². The number of rotatable bonds is 3. The van der Waals surface area contributed by atoms with Crippen molar-refractivity contribution < 1.29 is 4.74 Å². The molecule has 0 aromatic carbocycles. The van der Waals surface area contributed by atoms with Crippen molar-refractivity contribution in [1.82, 2.24) is 15.1 Å². The molecular weight excluding hydrogens is 364 g/mol. The number of aliphatic imine (C=N–C) groups is 1. The van der Waals surface area contributed by atoms with Crippen molar-refractivity contribution in [3.8, 4) is 0 Å². The lowest BCUT2D eigenvalue weighted by molar-refractivity contribution is 0.0195. The molecule has 1 aromatic heterocycles. The Bertz CT molecular complexity index is 515. The van der Waals surface area contributed by atoms with Gasteiger partial charge in [-0.1, -0.05) is 0 Å². The van der Waals surface area contributed by atoms with Crippen molar-refractivity contribution >= 4 is 33.2 Å². The molecule has 7 heteroatoms. The molecule has 2 aliphatic heterocycles. The number of guanidine groups is 1. The summed E-state index contributed by atoms with van der Waals surface area (Å²) in [7, 11) is 1.87. The van der Waals surface area contributed by atoms with E-state index in [1.165, 1.54) is 15.1 Å². The molecule has 3 heterocycles. The normalized spacial score (nSPS) is 24.0. The zero-order valence-corrected chi connectivity index (χ0v) is 15.3. The maximum absolute atomic E-state index is 5.45. The first kappa shape index (κ1) is 16.2. The third kappa shape index (κ3) is 4.01. The highest BCUT2D eigenvalue weighted by Gasteiger charge is 2.30. The lowest BCUT2D eigenvalue weighted by atomic mass is 10.2. The molecule has 3 rings (SSSR count). The van der Waals surface area contributed by atoms with Crippen LogP contribution in [0.4, 0.5) is 0 Å². The third-order valence-corrected chi connectivity index (χ3v) is 5.91. The maximum Gasteiger partial charge on any atom is 0.193 e. The summed E-state index contributed by atoms with van der Waals surface area (Å²) in [6.07, 6.45) is 1.21. The van der Waals surface area contributed by atoms with Gasteiger partial charge in [0.1, 0.15) is 0 Å². The number of hydrogen-bond donors (Lipinski definition) is 1. The van der Waals surface area contributed by atoms with E-state index in [0.29, 0.717) is 6.04 Å². The van der Waals surface area contributed by atoms with Gasteiger partial charge in [0.05, 0.1) is 23.5 Å². The number of halogens is 1. The molecule has 0 radical (unpaired) electrons. The fraction of sp³-hybridized carbons (Fsp3) is 0.667. The van der Waals surface area contributed by atoms with E-state index in [1.54, 1.807) is 11.3 Å². The van der Waals surface area contributed by atoms with E-state index in [-0.39, 0.29) is 0 Å². The van der Waals surface area contributed by atoms with E-state index >= 15 is 0 Å². The standard InChI is InChI=1S/C15H23BrN4OS/c1-17-15(18-10-13-2-3-14(16)22-13)20-5-4-12(11-20)19-6-8-21-9-7-19/h2-3,12H,4-11H2,1H3,(H,17,18). The van der Waals surface area contributed by atoms with E-state index < -0.39 is 0 Å². The van der Waals surface area contributed by atoms with E-state index in [0.717, 1.165) is 51.9 Å². The van der Waals surface area contributed by atoms with E-state index in [1.807, 2.05) is 7.05 Å². The number of likely N-dealkylation sites (tertiary alicyclic amines) is 1. The quantitative estimate of drug-likeness (QED) is 0.636. The maximum atomic E-state index is 5.45. The molecule has 0 bridgehead atoms. The summed E-state index contributed by atoms with van der Waals surface area (Å²) >= 11 is 5.27. The Balaban J connectivity index is 1.51. The highest BCUT2D eigenvalue weighted by molar-refractivity contribution is 9.11. The van der Waals surface area contributed by atoms with Gasteiger partial charge < -0.3 is 15.0 Å². The van der Waals surface area contributed by atoms with Crippen LogP contribution in [0.15, 0.2) is 20.9 Å². The summed E-state index contributed by atoms with van der Waals surface area (Å²) < 4.78 is 6.62. The van der Waals surface area contributed by atoms with Crippen LogP contribution in [0.3, 0.4) is 0 Å². The van der Waals surface area contributed by atoms with Crippen molar-refractivity contribution in [3.63, 3.8) is 0 Å². The molecule has 2 fully saturated rings. The van der Waals surface area contributed by atoms with Crippen LogP contribution < -0.4 is 5.32 Å². The molecule has 2 saturated heterocycles. The molecule has 1 unspecified atom stereocenters. The SMILES string of the molecule is CN=C(NCc1ccc(Br)s1)N1CCC(N2CCOCC2)C1. The first-order valence-corrected chi connectivity index (χ1v) is 9.39. The predicted molar refractivity (Wildman–Crippen MR) is 94.6 cm³/mol. The van der Waals surface area contributed by atoms with Crippen LogP contribution in [-0.4, -0.2) is 68.2 Å². The number of nitrogens with zero attached hydrogens (tertiary/aromatic N) is 3. The Morgan fingerprint density at radius 2 is 2.23 bits per heavy atom. The van der Waals surface area contributed by atoms with Crippen LogP contribution >= 0.6 is 27.3 Å². The minimum absolute atomic E-state index is 0.637. The number of nitrogens with one attached hydrogen (secondary N) is 1. The Morgan fingerprint density at radius 3 is 2.91 bits per heavy atom. The van der Waals surface area contributed by atoms with Gasteiger partial charge in [-0.3, -0.25) is 9.89 Å². The summed E-state index contributed by atoms with van der Waals surface area (Å²) in [6, 6.07) is 4.88. The van der Waals surface area contributed by atoms with Crippen molar-refractivity contribution in [2.45, 2.75) is 19.0 Å². The first-order valence-electron chi connectivity index (χ1n) is 7.78. The first-order chi connectivity index (χ1) is 10.8. The van der Waals surface area contributed by atoms with Crippen LogP contribution in [0.5, 0.6) is 0 Å². The van der Waals surface area contributed by atoms with Crippen molar-refractivity contribution in [1.29, 1.82) is 0 Å². The minimum Gasteiger partial charge on any atom is -0.379 e. The van der Waals surface area contributed by atoms with Crippen LogP contribution in [0.2, 0.25) is 0 Å². The van der Waals surface area contributed by atoms with E-state index in [9.17, 15) is 0 Å². The van der Waals surface area contributed by atoms with Crippen LogP contribution in [0.1, 0.15) is 11.3 Å². The second-order valence-corrected chi connectivity index (χ2v) is 8.19. The van der Waals surface area contributed by atoms with Gasteiger partial charge in [-0.15, -0.1) is 11.3 Å². The lowest BCUT2D eigenvalue weighted by Gasteiger charge is -2.32. The van der Waals surface area contributed by atoms with Crippen molar-refractivity contribution in [2.75, 3.05) is 46.4 Å². The molecule has 0 amide bonds. The summed E-state index contributed by atoms with van der Waals surface area (Å²) in [5.74, 6) is 1.01. The molecule has 5 nitrogen and oxygen atoms in total. The molecular formula is C15H23BrN4OS. The van der Waals surface area contributed by atoms with Gasteiger partial charge in [0, 0.05) is 44.1 Å². The summed E-state index contributed by atoms with van der Waals surface area (Å²) in [4.78, 5) is 10.7. The fourth-order valence-electron chi connectivity index (χ4n) is 3.12. The van der Waals surface area contributed by atoms with E-state index in [2.05, 4.69) is 48.2 Å². The Morgan fingerprint density at radius 1 is 1.41 bits per heavy atom. The van der Waals surface area contributed by atoms with Gasteiger partial charge in [0.2, 0.25) is 0 Å². The predicted octanol–water partition coefficient (Wildman–Crippen LogP) is 1.99. The number of thiophene rings is 1. The Hall–Kier alpha value is -0.630. The largest absolute Gasteiger partial charge is 0.379 e. The Labute approximate surface area is 144 Å². The molecule has 2 aliphatic rings. The number of morpholine rings is 1. The lowest BCUT2D eigenvalue weighted by Crippen LogP contribution is -2.46. The summed E-state index contributed by atoms with van der Waals surface area (Å²) in [5.41, 5.74) is 0. The van der Waals surface area contributed by atoms with Crippen LogP contribution in [0.25, 0.3) is 0 Å². The van der Waals surface area contributed by atoms with Crippen LogP contribution in [0, 0.1) is 0 Å². The fourth-order valence-corrected chi connectivity index (χ4v) is 4.54.